The van der Waals surface area contributed by atoms with Crippen LogP contribution >= 0.6 is 0 Å². The topological polar surface area (TPSA) is 97.5 Å². The fraction of sp³-hybridized carbons (Fsp3) is 0.667. The molecule has 2 fully saturated rings. The van der Waals surface area contributed by atoms with E-state index in [-0.39, 0.29) is 17.8 Å². The van der Waals surface area contributed by atoms with Crippen LogP contribution in [0.2, 0.25) is 0 Å². The van der Waals surface area contributed by atoms with Gasteiger partial charge in [0.2, 0.25) is 0 Å². The highest BCUT2D eigenvalue weighted by Gasteiger charge is 2.31. The smallest absolute Gasteiger partial charge is 0.409 e. The van der Waals surface area contributed by atoms with Crippen molar-refractivity contribution in [3.05, 3.63) is 11.9 Å². The minimum absolute atomic E-state index is 0.0379. The van der Waals surface area contributed by atoms with Gasteiger partial charge in [0.05, 0.1) is 18.8 Å². The molecule has 1 unspecified atom stereocenters. The number of carboxylic acids is 1. The first-order chi connectivity index (χ1) is 9.63. The molecule has 20 heavy (non-hydrogen) atoms. The van der Waals surface area contributed by atoms with Gasteiger partial charge in [-0.15, -0.1) is 5.10 Å². The molecule has 1 atom stereocenters. The average Bonchev–Trinajstić information content (AvgIpc) is 2.94. The molecule has 0 aromatic carbocycles. The van der Waals surface area contributed by atoms with Crippen LogP contribution < -0.4 is 0 Å². The molecular formula is C12H16N4O4. The van der Waals surface area contributed by atoms with Gasteiger partial charge in [0, 0.05) is 13.1 Å². The Hall–Kier alpha value is -2.12. The third kappa shape index (κ3) is 2.73. The van der Waals surface area contributed by atoms with Crippen molar-refractivity contribution < 1.29 is 19.4 Å². The molecule has 8 nitrogen and oxygen atoms in total. The Bertz CT molecular complexity index is 525. The minimum Gasteiger partial charge on any atom is -0.476 e. The average molecular weight is 280 g/mol. The van der Waals surface area contributed by atoms with Gasteiger partial charge in [-0.05, 0) is 25.2 Å². The molecule has 1 aliphatic carbocycles. The number of hydrogen-bond donors (Lipinski definition) is 1. The summed E-state index contributed by atoms with van der Waals surface area (Å²) < 4.78 is 6.74. The van der Waals surface area contributed by atoms with Crippen LogP contribution in [-0.2, 0) is 4.74 Å². The van der Waals surface area contributed by atoms with Crippen LogP contribution in [0.4, 0.5) is 4.79 Å². The maximum atomic E-state index is 11.8. The van der Waals surface area contributed by atoms with Crippen molar-refractivity contribution in [2.75, 3.05) is 19.7 Å². The Morgan fingerprint density at radius 3 is 2.85 bits per heavy atom. The fourth-order valence-electron chi connectivity index (χ4n) is 2.24. The monoisotopic (exact) mass is 280 g/mol. The summed E-state index contributed by atoms with van der Waals surface area (Å²) in [5.41, 5.74) is -0.0836. The van der Waals surface area contributed by atoms with Gasteiger partial charge < -0.3 is 14.7 Å². The summed E-state index contributed by atoms with van der Waals surface area (Å²) >= 11 is 0. The van der Waals surface area contributed by atoms with E-state index in [1.807, 2.05) is 0 Å². The molecule has 0 bridgehead atoms. The van der Waals surface area contributed by atoms with Gasteiger partial charge in [0.25, 0.3) is 0 Å². The summed E-state index contributed by atoms with van der Waals surface area (Å²) in [7, 11) is 0. The lowest BCUT2D eigenvalue weighted by Gasteiger charge is -2.16. The van der Waals surface area contributed by atoms with Crippen molar-refractivity contribution >= 4 is 12.1 Å². The van der Waals surface area contributed by atoms with Crippen molar-refractivity contribution in [3.8, 4) is 0 Å². The van der Waals surface area contributed by atoms with Crippen molar-refractivity contribution in [3.63, 3.8) is 0 Å². The Morgan fingerprint density at radius 1 is 1.40 bits per heavy atom. The summed E-state index contributed by atoms with van der Waals surface area (Å²) in [6, 6.07) is -0.0379. The van der Waals surface area contributed by atoms with E-state index >= 15 is 0 Å². The summed E-state index contributed by atoms with van der Waals surface area (Å²) in [5.74, 6) is -0.555. The molecule has 1 aromatic rings. The number of aromatic carboxylic acids is 1. The van der Waals surface area contributed by atoms with Crippen molar-refractivity contribution in [1.82, 2.24) is 19.9 Å². The lowest BCUT2D eigenvalue weighted by molar-refractivity contribution is 0.0690. The maximum absolute atomic E-state index is 11.8. The number of nitrogens with zero attached hydrogens (tertiary/aromatic N) is 4. The predicted octanol–water partition coefficient (Wildman–Crippen LogP) is 0.770. The molecule has 1 saturated heterocycles. The van der Waals surface area contributed by atoms with Gasteiger partial charge in [-0.25, -0.2) is 14.3 Å². The highest BCUT2D eigenvalue weighted by Crippen LogP contribution is 2.29. The van der Waals surface area contributed by atoms with Gasteiger partial charge in [0.1, 0.15) is 0 Å². The Balaban J connectivity index is 1.54. The number of carboxylic acid groups (broad SMARTS) is 1. The fourth-order valence-corrected chi connectivity index (χ4v) is 2.24. The second-order valence-corrected chi connectivity index (χ2v) is 5.30. The molecule has 2 heterocycles. The Labute approximate surface area is 115 Å². The molecule has 1 amide bonds. The highest BCUT2D eigenvalue weighted by atomic mass is 16.6. The van der Waals surface area contributed by atoms with Crippen LogP contribution in [0.5, 0.6) is 0 Å². The van der Waals surface area contributed by atoms with Gasteiger partial charge >= 0.3 is 12.1 Å². The summed E-state index contributed by atoms with van der Waals surface area (Å²) in [4.78, 5) is 24.2. The second-order valence-electron chi connectivity index (χ2n) is 5.30. The molecule has 2 aliphatic rings. The first-order valence-corrected chi connectivity index (χ1v) is 6.70. The molecular weight excluding hydrogens is 264 g/mol. The first-order valence-electron chi connectivity index (χ1n) is 6.70. The number of likely N-dealkylation sites (tertiary alicyclic amines) is 1. The first kappa shape index (κ1) is 12.9. The van der Waals surface area contributed by atoms with Crippen LogP contribution in [0.25, 0.3) is 0 Å². The van der Waals surface area contributed by atoms with Gasteiger partial charge in [-0.2, -0.15) is 0 Å². The minimum atomic E-state index is -1.10. The van der Waals surface area contributed by atoms with Crippen molar-refractivity contribution in [2.24, 2.45) is 5.92 Å². The molecule has 3 rings (SSSR count). The SMILES string of the molecule is O=C(O)c1cn(C2CCN(C(=O)OCC3CC3)C2)nn1. The van der Waals surface area contributed by atoms with Crippen molar-refractivity contribution in [2.45, 2.75) is 25.3 Å². The number of ether oxygens (including phenoxy) is 1. The third-order valence-electron chi connectivity index (χ3n) is 3.66. The summed E-state index contributed by atoms with van der Waals surface area (Å²) in [6.07, 6.45) is 4.12. The van der Waals surface area contributed by atoms with Gasteiger partial charge in [0.15, 0.2) is 5.69 Å². The van der Waals surface area contributed by atoms with E-state index in [4.69, 9.17) is 9.84 Å². The summed E-state index contributed by atoms with van der Waals surface area (Å²) in [5, 5.41) is 16.2. The van der Waals surface area contributed by atoms with Crippen LogP contribution in [-0.4, -0.2) is 56.8 Å². The third-order valence-corrected chi connectivity index (χ3v) is 3.66. The van der Waals surface area contributed by atoms with Crippen LogP contribution in [0.1, 0.15) is 35.8 Å². The zero-order valence-electron chi connectivity index (χ0n) is 10.9. The Morgan fingerprint density at radius 2 is 2.20 bits per heavy atom. The van der Waals surface area contributed by atoms with Crippen LogP contribution in [0.3, 0.4) is 0 Å². The van der Waals surface area contributed by atoms with Crippen LogP contribution in [0.15, 0.2) is 6.20 Å². The summed E-state index contributed by atoms with van der Waals surface area (Å²) in [6.45, 7) is 1.58. The van der Waals surface area contributed by atoms with Gasteiger partial charge in [-0.1, -0.05) is 5.21 Å². The van der Waals surface area contributed by atoms with E-state index in [0.29, 0.717) is 25.6 Å². The van der Waals surface area contributed by atoms with E-state index in [0.717, 1.165) is 19.3 Å². The number of carbonyl (C=O) groups is 2. The van der Waals surface area contributed by atoms with Gasteiger partial charge in [-0.3, -0.25) is 0 Å². The molecule has 1 saturated carbocycles. The molecule has 1 aromatic heterocycles. The predicted molar refractivity (Wildman–Crippen MR) is 66.3 cm³/mol. The largest absolute Gasteiger partial charge is 0.476 e. The maximum Gasteiger partial charge on any atom is 0.409 e. The standard InChI is InChI=1S/C12H16N4O4/c17-11(18)10-6-16(14-13-10)9-3-4-15(5-9)12(19)20-7-8-1-2-8/h6,8-9H,1-5,7H2,(H,17,18). The number of carbonyl (C=O) groups excluding carboxylic acids is 1. The zero-order valence-corrected chi connectivity index (χ0v) is 10.9. The number of amides is 1. The zero-order chi connectivity index (χ0) is 14.1. The highest BCUT2D eigenvalue weighted by molar-refractivity contribution is 5.84. The van der Waals surface area contributed by atoms with E-state index in [2.05, 4.69) is 10.3 Å². The van der Waals surface area contributed by atoms with Crippen LogP contribution in [0, 0.1) is 5.92 Å². The second kappa shape index (κ2) is 5.10. The number of hydrogen-bond acceptors (Lipinski definition) is 5. The molecule has 108 valence electrons. The molecule has 1 aliphatic heterocycles. The van der Waals surface area contributed by atoms with E-state index in [9.17, 15) is 9.59 Å². The lowest BCUT2D eigenvalue weighted by atomic mass is 10.3. The molecule has 8 heteroatoms. The normalized spacial score (nSPS) is 22.0. The number of rotatable bonds is 4. The molecule has 0 spiro atoms. The molecule has 1 N–H and O–H groups in total. The lowest BCUT2D eigenvalue weighted by Crippen LogP contribution is -2.30. The van der Waals surface area contributed by atoms with Crippen molar-refractivity contribution in [1.29, 1.82) is 0 Å². The quantitative estimate of drug-likeness (QED) is 0.874. The van der Waals surface area contributed by atoms with E-state index in [1.165, 1.54) is 10.9 Å². The Kier molecular flexibility index (Phi) is 3.29. The number of aromatic nitrogens is 3. The van der Waals surface area contributed by atoms with E-state index in [1.54, 1.807) is 4.90 Å². The van der Waals surface area contributed by atoms with E-state index < -0.39 is 5.97 Å². The molecule has 0 radical (unpaired) electrons.